The molecule has 4 rings (SSSR count). The molecule has 0 bridgehead atoms. The van der Waals surface area contributed by atoms with E-state index >= 15 is 0 Å². The predicted octanol–water partition coefficient (Wildman–Crippen LogP) is 2.44. The van der Waals surface area contributed by atoms with Gasteiger partial charge < -0.3 is 14.6 Å². The molecule has 142 valence electrons. The van der Waals surface area contributed by atoms with Gasteiger partial charge in [0.15, 0.2) is 0 Å². The van der Waals surface area contributed by atoms with E-state index in [0.29, 0.717) is 19.7 Å². The van der Waals surface area contributed by atoms with Gasteiger partial charge in [0, 0.05) is 19.6 Å². The number of aliphatic hydroxyl groups excluding tert-OH is 1. The van der Waals surface area contributed by atoms with E-state index in [2.05, 4.69) is 11.0 Å². The van der Waals surface area contributed by atoms with Crippen LogP contribution in [0.25, 0.3) is 0 Å². The summed E-state index contributed by atoms with van der Waals surface area (Å²) in [5, 5.41) is 10.3. The Hall–Kier alpha value is -2.57. The van der Waals surface area contributed by atoms with E-state index in [0.717, 1.165) is 30.9 Å². The molecule has 1 unspecified atom stereocenters. The Morgan fingerprint density at radius 3 is 2.74 bits per heavy atom. The number of nitrogens with zero attached hydrogens (tertiary/aromatic N) is 2. The van der Waals surface area contributed by atoms with Gasteiger partial charge in [-0.3, -0.25) is 9.80 Å². The summed E-state index contributed by atoms with van der Waals surface area (Å²) in [4.78, 5) is 15.9. The number of benzene rings is 2. The molecule has 1 atom stereocenters. The van der Waals surface area contributed by atoms with Crippen molar-refractivity contribution in [3.05, 3.63) is 59.7 Å². The van der Waals surface area contributed by atoms with Gasteiger partial charge in [-0.2, -0.15) is 0 Å². The molecule has 1 fully saturated rings. The topological polar surface area (TPSA) is 62.2 Å². The number of aliphatic hydroxyl groups is 1. The number of amides is 1. The lowest BCUT2D eigenvalue weighted by atomic mass is 9.97. The Balaban J connectivity index is 1.36. The molecule has 27 heavy (non-hydrogen) atoms. The largest absolute Gasteiger partial charge is 0.491 e. The summed E-state index contributed by atoms with van der Waals surface area (Å²) in [7, 11) is 0. The smallest absolute Gasteiger partial charge is 0.414 e. The molecular weight excluding hydrogens is 344 g/mol. The third-order valence-corrected chi connectivity index (χ3v) is 5.03. The van der Waals surface area contributed by atoms with Crippen LogP contribution in [0.1, 0.15) is 11.1 Å². The number of carbonyl (C=O) groups excluding carboxylic acids is 1. The number of cyclic esters (lactones) is 1. The van der Waals surface area contributed by atoms with Crippen LogP contribution >= 0.6 is 0 Å². The molecule has 0 aliphatic carbocycles. The SMILES string of the molecule is O=C1OCCN1c1cccc2c1CCN(CC(O)COc1ccccc1)C2. The molecule has 1 saturated heterocycles. The van der Waals surface area contributed by atoms with Gasteiger partial charge in [-0.25, -0.2) is 4.79 Å². The van der Waals surface area contributed by atoms with Crippen molar-refractivity contribution >= 4 is 11.8 Å². The fourth-order valence-corrected chi connectivity index (χ4v) is 3.73. The van der Waals surface area contributed by atoms with Crippen molar-refractivity contribution in [2.75, 3.05) is 37.7 Å². The van der Waals surface area contributed by atoms with Crippen LogP contribution in [-0.2, 0) is 17.7 Å². The maximum absolute atomic E-state index is 11.9. The first-order valence-corrected chi connectivity index (χ1v) is 9.34. The molecule has 2 aromatic rings. The van der Waals surface area contributed by atoms with Crippen molar-refractivity contribution in [1.82, 2.24) is 4.90 Å². The van der Waals surface area contributed by atoms with Crippen molar-refractivity contribution in [3.8, 4) is 5.75 Å². The summed E-state index contributed by atoms with van der Waals surface area (Å²) < 4.78 is 10.7. The van der Waals surface area contributed by atoms with Crippen molar-refractivity contribution in [2.45, 2.75) is 19.1 Å². The Morgan fingerprint density at radius 2 is 1.96 bits per heavy atom. The number of ether oxygens (including phenoxy) is 2. The molecule has 1 amide bonds. The number of β-amino-alcohol motifs (C(OH)–C–C–N with tert-alkyl or cyclic N) is 1. The minimum Gasteiger partial charge on any atom is -0.491 e. The van der Waals surface area contributed by atoms with E-state index in [1.165, 1.54) is 11.1 Å². The standard InChI is InChI=1S/C21H24N2O4/c24-17(15-27-18-6-2-1-3-7-18)14-22-10-9-19-16(13-22)5-4-8-20(19)23-11-12-26-21(23)25/h1-8,17,24H,9-15H2. The Bertz CT molecular complexity index is 796. The lowest BCUT2D eigenvalue weighted by Crippen LogP contribution is -2.39. The van der Waals surface area contributed by atoms with Crippen LogP contribution in [0.2, 0.25) is 0 Å². The second-order valence-corrected chi connectivity index (χ2v) is 6.94. The first-order chi connectivity index (χ1) is 13.2. The van der Waals surface area contributed by atoms with Crippen molar-refractivity contribution in [1.29, 1.82) is 0 Å². The number of para-hydroxylation sites is 1. The Morgan fingerprint density at radius 1 is 1.11 bits per heavy atom. The molecule has 0 aromatic heterocycles. The monoisotopic (exact) mass is 368 g/mol. The van der Waals surface area contributed by atoms with Gasteiger partial charge in [0.2, 0.25) is 0 Å². The molecule has 0 saturated carbocycles. The van der Waals surface area contributed by atoms with Crippen LogP contribution in [-0.4, -0.2) is 55.1 Å². The fraction of sp³-hybridized carbons (Fsp3) is 0.381. The summed E-state index contributed by atoms with van der Waals surface area (Å²) in [5.74, 6) is 0.766. The molecule has 1 N–H and O–H groups in total. The highest BCUT2D eigenvalue weighted by Crippen LogP contribution is 2.30. The van der Waals surface area contributed by atoms with E-state index < -0.39 is 6.10 Å². The third kappa shape index (κ3) is 4.07. The second kappa shape index (κ2) is 7.98. The highest BCUT2D eigenvalue weighted by Gasteiger charge is 2.28. The van der Waals surface area contributed by atoms with Crippen LogP contribution in [0.3, 0.4) is 0 Å². The number of hydrogen-bond donors (Lipinski definition) is 1. The molecule has 2 aromatic carbocycles. The second-order valence-electron chi connectivity index (χ2n) is 6.94. The average Bonchev–Trinajstić information content (AvgIpc) is 3.12. The van der Waals surface area contributed by atoms with Crippen LogP contribution in [0.15, 0.2) is 48.5 Å². The first kappa shape index (κ1) is 17.8. The van der Waals surface area contributed by atoms with Gasteiger partial charge >= 0.3 is 6.09 Å². The van der Waals surface area contributed by atoms with Gasteiger partial charge in [0.05, 0.1) is 12.2 Å². The van der Waals surface area contributed by atoms with Crippen LogP contribution in [0.5, 0.6) is 5.75 Å². The van der Waals surface area contributed by atoms with Crippen LogP contribution in [0, 0.1) is 0 Å². The molecule has 0 spiro atoms. The molecule has 2 heterocycles. The lowest BCUT2D eigenvalue weighted by molar-refractivity contribution is 0.0638. The number of anilines is 1. The normalized spacial score (nSPS) is 18.1. The molecule has 2 aliphatic rings. The van der Waals surface area contributed by atoms with Gasteiger partial charge in [0.1, 0.15) is 25.1 Å². The zero-order valence-electron chi connectivity index (χ0n) is 15.2. The fourth-order valence-electron chi connectivity index (χ4n) is 3.73. The maximum Gasteiger partial charge on any atom is 0.414 e. The summed E-state index contributed by atoms with van der Waals surface area (Å²) in [6.07, 6.45) is 0.0319. The highest BCUT2D eigenvalue weighted by molar-refractivity contribution is 5.90. The quantitative estimate of drug-likeness (QED) is 0.849. The molecule has 6 nitrogen and oxygen atoms in total. The van der Waals surface area contributed by atoms with Crippen molar-refractivity contribution in [2.24, 2.45) is 0 Å². The zero-order chi connectivity index (χ0) is 18.6. The minimum atomic E-state index is -0.552. The summed E-state index contributed by atoms with van der Waals surface area (Å²) in [6, 6.07) is 15.6. The minimum absolute atomic E-state index is 0.265. The van der Waals surface area contributed by atoms with E-state index in [1.54, 1.807) is 4.90 Å². The molecule has 0 radical (unpaired) electrons. The van der Waals surface area contributed by atoms with Gasteiger partial charge in [-0.15, -0.1) is 0 Å². The number of carbonyl (C=O) groups is 1. The first-order valence-electron chi connectivity index (χ1n) is 9.34. The van der Waals surface area contributed by atoms with E-state index in [4.69, 9.17) is 9.47 Å². The predicted molar refractivity (Wildman–Crippen MR) is 102 cm³/mol. The lowest BCUT2D eigenvalue weighted by Gasteiger charge is -2.32. The van der Waals surface area contributed by atoms with E-state index in [-0.39, 0.29) is 12.7 Å². The number of fused-ring (bicyclic) bond motifs is 1. The van der Waals surface area contributed by atoms with Gasteiger partial charge in [-0.1, -0.05) is 30.3 Å². The third-order valence-electron chi connectivity index (χ3n) is 5.03. The van der Waals surface area contributed by atoms with Crippen molar-refractivity contribution < 1.29 is 19.4 Å². The van der Waals surface area contributed by atoms with Crippen molar-refractivity contribution in [3.63, 3.8) is 0 Å². The Kier molecular flexibility index (Phi) is 5.27. The van der Waals surface area contributed by atoms with Gasteiger partial charge in [-0.05, 0) is 35.7 Å². The van der Waals surface area contributed by atoms with Crippen LogP contribution < -0.4 is 9.64 Å². The molecule has 2 aliphatic heterocycles. The highest BCUT2D eigenvalue weighted by atomic mass is 16.6. The molecule has 6 heteroatoms. The van der Waals surface area contributed by atoms with E-state index in [9.17, 15) is 9.90 Å². The molecular formula is C21H24N2O4. The summed E-state index contributed by atoms with van der Waals surface area (Å²) in [6.45, 7) is 3.48. The summed E-state index contributed by atoms with van der Waals surface area (Å²) >= 11 is 0. The maximum atomic E-state index is 11.9. The number of hydrogen-bond acceptors (Lipinski definition) is 5. The number of rotatable bonds is 6. The summed E-state index contributed by atoms with van der Waals surface area (Å²) in [5.41, 5.74) is 3.37. The zero-order valence-corrected chi connectivity index (χ0v) is 15.2. The Labute approximate surface area is 158 Å². The van der Waals surface area contributed by atoms with E-state index in [1.807, 2.05) is 42.5 Å². The average molecular weight is 368 g/mol. The van der Waals surface area contributed by atoms with Crippen LogP contribution in [0.4, 0.5) is 10.5 Å². The van der Waals surface area contributed by atoms with Gasteiger partial charge in [0.25, 0.3) is 0 Å².